The van der Waals surface area contributed by atoms with Crippen LogP contribution < -0.4 is 5.32 Å². The largest absolute Gasteiger partial charge is 0.467 e. The number of rotatable bonds is 4. The summed E-state index contributed by atoms with van der Waals surface area (Å²) in [5.74, 6) is 1.70. The van der Waals surface area contributed by atoms with Gasteiger partial charge in [-0.05, 0) is 44.7 Å². The maximum Gasteiger partial charge on any atom is 0.407 e. The molecule has 1 aliphatic heterocycles. The lowest BCUT2D eigenvalue weighted by Gasteiger charge is -2.54. The first-order chi connectivity index (χ1) is 11.8. The van der Waals surface area contributed by atoms with E-state index >= 15 is 0 Å². The maximum absolute atomic E-state index is 12.0. The van der Waals surface area contributed by atoms with Crippen LogP contribution in [-0.2, 0) is 9.47 Å². The van der Waals surface area contributed by atoms with Crippen molar-refractivity contribution in [3.05, 3.63) is 35.8 Å². The Morgan fingerprint density at radius 1 is 1.44 bits per heavy atom. The van der Waals surface area contributed by atoms with Crippen molar-refractivity contribution >= 4 is 6.09 Å². The van der Waals surface area contributed by atoms with Crippen molar-refractivity contribution in [2.24, 2.45) is 23.2 Å². The molecule has 1 aliphatic carbocycles. The second kappa shape index (κ2) is 6.87. The molecule has 1 aromatic heterocycles. The van der Waals surface area contributed by atoms with Gasteiger partial charge in [-0.25, -0.2) is 4.79 Å². The lowest BCUT2D eigenvalue weighted by atomic mass is 9.56. The molecular formula is C20H29NO4. The highest BCUT2D eigenvalue weighted by molar-refractivity contribution is 5.67. The van der Waals surface area contributed by atoms with Crippen molar-refractivity contribution in [1.82, 2.24) is 5.32 Å². The summed E-state index contributed by atoms with van der Waals surface area (Å²) in [5, 5.41) is 2.79. The molecule has 0 spiro atoms. The monoisotopic (exact) mass is 347 g/mol. The average Bonchev–Trinajstić information content (AvgIpc) is 3.05. The van der Waals surface area contributed by atoms with Gasteiger partial charge in [0.05, 0.1) is 12.9 Å². The molecule has 1 aromatic rings. The number of allylic oxidation sites excluding steroid dienone is 1. The molecule has 25 heavy (non-hydrogen) atoms. The Bertz CT molecular complexity index is 636. The van der Waals surface area contributed by atoms with Gasteiger partial charge < -0.3 is 19.2 Å². The van der Waals surface area contributed by atoms with E-state index in [1.807, 2.05) is 26.0 Å². The summed E-state index contributed by atoms with van der Waals surface area (Å²) in [4.78, 5) is 12.0. The number of hydrogen-bond acceptors (Lipinski definition) is 4. The number of hydrogen-bond donors (Lipinski definition) is 1. The minimum atomic E-state index is -0.361. The molecule has 0 saturated carbocycles. The normalized spacial score (nSPS) is 34.6. The lowest BCUT2D eigenvalue weighted by molar-refractivity contribution is -0.170. The number of nitrogens with one attached hydrogen (secondary N) is 1. The second-order valence-electron chi connectivity index (χ2n) is 7.87. The van der Waals surface area contributed by atoms with Gasteiger partial charge in [0, 0.05) is 17.4 Å². The van der Waals surface area contributed by atoms with Crippen LogP contribution in [0.25, 0.3) is 0 Å². The van der Waals surface area contributed by atoms with Gasteiger partial charge in [0.1, 0.15) is 18.5 Å². The molecule has 2 aliphatic rings. The fourth-order valence-electron chi connectivity index (χ4n) is 4.44. The zero-order valence-corrected chi connectivity index (χ0v) is 15.7. The first kappa shape index (κ1) is 18.1. The Morgan fingerprint density at radius 3 is 2.84 bits per heavy atom. The highest BCUT2D eigenvalue weighted by Crippen LogP contribution is 2.56. The highest BCUT2D eigenvalue weighted by Gasteiger charge is 2.55. The minimum Gasteiger partial charge on any atom is -0.467 e. The van der Waals surface area contributed by atoms with Gasteiger partial charge in [0.2, 0.25) is 0 Å². The molecule has 1 fully saturated rings. The molecule has 1 saturated heterocycles. The average molecular weight is 347 g/mol. The maximum atomic E-state index is 12.0. The number of ether oxygens (including phenoxy) is 2. The van der Waals surface area contributed by atoms with E-state index in [2.05, 4.69) is 32.2 Å². The van der Waals surface area contributed by atoms with Crippen LogP contribution in [0.5, 0.6) is 0 Å². The number of furan rings is 1. The van der Waals surface area contributed by atoms with Crippen LogP contribution in [0.2, 0.25) is 0 Å². The molecule has 0 radical (unpaired) electrons. The van der Waals surface area contributed by atoms with Gasteiger partial charge in [0.25, 0.3) is 0 Å². The van der Waals surface area contributed by atoms with Crippen molar-refractivity contribution in [3.63, 3.8) is 0 Å². The smallest absolute Gasteiger partial charge is 0.407 e. The zero-order valence-electron chi connectivity index (χ0n) is 15.7. The molecule has 0 aromatic carbocycles. The summed E-state index contributed by atoms with van der Waals surface area (Å²) in [5.41, 5.74) is 1.12. The molecule has 4 unspecified atom stereocenters. The van der Waals surface area contributed by atoms with Crippen LogP contribution in [0.15, 0.2) is 34.5 Å². The van der Waals surface area contributed by atoms with Crippen LogP contribution in [0.1, 0.15) is 46.5 Å². The quantitative estimate of drug-likeness (QED) is 0.824. The first-order valence-electron chi connectivity index (χ1n) is 9.12. The topological polar surface area (TPSA) is 60.7 Å². The Balaban J connectivity index is 1.82. The van der Waals surface area contributed by atoms with E-state index in [0.29, 0.717) is 19.1 Å². The van der Waals surface area contributed by atoms with E-state index in [0.717, 1.165) is 5.76 Å². The Hall–Kier alpha value is -1.75. The highest BCUT2D eigenvalue weighted by atomic mass is 16.6. The number of amides is 1. The SMILES string of the molecule is CC1=CC(C)C2(COC(=O)NC(C)C)COC(c3ccco3)[C@@H]1C2C. The third-order valence-electron chi connectivity index (χ3n) is 5.95. The molecule has 5 atom stereocenters. The molecule has 1 N–H and O–H groups in total. The van der Waals surface area contributed by atoms with E-state index in [9.17, 15) is 4.79 Å². The first-order valence-corrected chi connectivity index (χ1v) is 9.12. The van der Waals surface area contributed by atoms with Crippen molar-refractivity contribution in [2.75, 3.05) is 13.2 Å². The van der Waals surface area contributed by atoms with Gasteiger partial charge in [-0.2, -0.15) is 0 Å². The summed E-state index contributed by atoms with van der Waals surface area (Å²) in [6.07, 6.45) is 3.56. The fraction of sp³-hybridized carbons (Fsp3) is 0.650. The summed E-state index contributed by atoms with van der Waals surface area (Å²) in [6.45, 7) is 11.4. The van der Waals surface area contributed by atoms with Gasteiger partial charge in [0.15, 0.2) is 0 Å². The van der Waals surface area contributed by atoms with E-state index in [1.54, 1.807) is 6.26 Å². The van der Waals surface area contributed by atoms with Crippen molar-refractivity contribution in [3.8, 4) is 0 Å². The Kier molecular flexibility index (Phi) is 4.96. The molecule has 2 heterocycles. The Morgan fingerprint density at radius 2 is 2.20 bits per heavy atom. The minimum absolute atomic E-state index is 0.0621. The molecule has 5 nitrogen and oxygen atoms in total. The summed E-state index contributed by atoms with van der Waals surface area (Å²) in [7, 11) is 0. The zero-order chi connectivity index (χ0) is 18.2. The van der Waals surface area contributed by atoms with Crippen LogP contribution >= 0.6 is 0 Å². The molecule has 138 valence electrons. The lowest BCUT2D eigenvalue weighted by Crippen LogP contribution is -2.54. The Labute approximate surface area is 149 Å². The standard InChI is InChI=1S/C20H29NO4/c1-12(2)21-19(22)25-11-20-10-24-18(16-7-6-8-23-16)17(15(20)5)13(3)9-14(20)4/h6-9,12,14-15,17-18H,10-11H2,1-5H3,(H,21,22)/t14?,15?,17-,18?,20?/m0/s1. The fourth-order valence-corrected chi connectivity index (χ4v) is 4.44. The van der Waals surface area contributed by atoms with E-state index in [1.165, 1.54) is 5.57 Å². The predicted molar refractivity (Wildman–Crippen MR) is 95.0 cm³/mol. The van der Waals surface area contributed by atoms with Gasteiger partial charge >= 0.3 is 6.09 Å². The number of carbonyl (C=O) groups is 1. The molecule has 3 rings (SSSR count). The van der Waals surface area contributed by atoms with Crippen molar-refractivity contribution in [1.29, 1.82) is 0 Å². The van der Waals surface area contributed by atoms with Gasteiger partial charge in [-0.15, -0.1) is 0 Å². The third kappa shape index (κ3) is 3.22. The van der Waals surface area contributed by atoms with E-state index in [4.69, 9.17) is 13.9 Å². The second-order valence-corrected chi connectivity index (χ2v) is 7.87. The van der Waals surface area contributed by atoms with Crippen LogP contribution in [0.4, 0.5) is 4.79 Å². The predicted octanol–water partition coefficient (Wildman–Crippen LogP) is 4.32. The van der Waals surface area contributed by atoms with E-state index < -0.39 is 0 Å². The number of carbonyl (C=O) groups excluding carboxylic acids is 1. The van der Waals surface area contributed by atoms with Gasteiger partial charge in [-0.3, -0.25) is 0 Å². The van der Waals surface area contributed by atoms with Crippen molar-refractivity contribution in [2.45, 2.75) is 46.8 Å². The molecular weight excluding hydrogens is 318 g/mol. The summed E-state index contributed by atoms with van der Waals surface area (Å²) < 4.78 is 17.5. The van der Waals surface area contributed by atoms with Crippen LogP contribution in [-0.4, -0.2) is 25.3 Å². The van der Waals surface area contributed by atoms with Gasteiger partial charge in [-0.1, -0.05) is 25.5 Å². The van der Waals surface area contributed by atoms with Crippen LogP contribution in [0, 0.1) is 23.2 Å². The van der Waals surface area contributed by atoms with E-state index in [-0.39, 0.29) is 35.5 Å². The molecule has 5 heteroatoms. The number of alkyl carbamates (subject to hydrolysis) is 1. The van der Waals surface area contributed by atoms with Crippen LogP contribution in [0.3, 0.4) is 0 Å². The molecule has 1 amide bonds. The summed E-state index contributed by atoms with van der Waals surface area (Å²) in [6, 6.07) is 3.93. The van der Waals surface area contributed by atoms with Crippen molar-refractivity contribution < 1.29 is 18.7 Å². The number of fused-ring (bicyclic) bond motifs is 2. The summed E-state index contributed by atoms with van der Waals surface area (Å²) >= 11 is 0. The molecule has 2 bridgehead atoms. The third-order valence-corrected chi connectivity index (χ3v) is 5.95.